The van der Waals surface area contributed by atoms with E-state index in [1.54, 1.807) is 6.92 Å². The molecule has 8 heteroatoms. The molecule has 0 bridgehead atoms. The summed E-state index contributed by atoms with van der Waals surface area (Å²) in [5, 5.41) is 13.1. The molecule has 1 saturated carbocycles. The molecule has 1 aromatic rings. The third kappa shape index (κ3) is 4.97. The molecule has 4 nitrogen and oxygen atoms in total. The second kappa shape index (κ2) is 7.35. The molecule has 130 valence electrons. The minimum absolute atomic E-state index is 0.237. The van der Waals surface area contributed by atoms with Gasteiger partial charge in [-0.15, -0.1) is 0 Å². The average Bonchev–Trinajstić information content (AvgIpc) is 2.41. The number of alkyl halides is 4. The van der Waals surface area contributed by atoms with Crippen LogP contribution in [0.4, 0.5) is 17.6 Å². The topological polar surface area (TPSA) is 50.7 Å². The number of nitrogens with one attached hydrogen (secondary N) is 1. The lowest BCUT2D eigenvalue weighted by Gasteiger charge is -2.37. The number of ether oxygens (including phenoxy) is 2. The third-order valence-corrected chi connectivity index (χ3v) is 3.91. The van der Waals surface area contributed by atoms with Gasteiger partial charge in [-0.25, -0.2) is 0 Å². The van der Waals surface area contributed by atoms with E-state index in [0.717, 1.165) is 12.5 Å². The maximum atomic E-state index is 12.5. The van der Waals surface area contributed by atoms with Crippen molar-refractivity contribution in [3.63, 3.8) is 0 Å². The molecular formula is C15H19F4NO3. The molecule has 1 aliphatic rings. The monoisotopic (exact) mass is 337 g/mol. The quantitative estimate of drug-likeness (QED) is 0.714. The van der Waals surface area contributed by atoms with E-state index < -0.39 is 24.9 Å². The zero-order valence-electron chi connectivity index (χ0n) is 12.6. The highest BCUT2D eigenvalue weighted by atomic mass is 19.3. The predicted octanol–water partition coefficient (Wildman–Crippen LogP) is 3.46. The van der Waals surface area contributed by atoms with Gasteiger partial charge in [0.05, 0.1) is 5.60 Å². The van der Waals surface area contributed by atoms with Gasteiger partial charge in [0.25, 0.3) is 0 Å². The summed E-state index contributed by atoms with van der Waals surface area (Å²) in [6.07, 6.45) is 2.33. The highest BCUT2D eigenvalue weighted by Crippen LogP contribution is 2.34. The van der Waals surface area contributed by atoms with Crippen molar-refractivity contribution in [2.24, 2.45) is 0 Å². The van der Waals surface area contributed by atoms with Crippen molar-refractivity contribution in [3.8, 4) is 11.5 Å². The smallest absolute Gasteiger partial charge is 0.387 e. The van der Waals surface area contributed by atoms with Crippen LogP contribution in [0.3, 0.4) is 0 Å². The van der Waals surface area contributed by atoms with Crippen LogP contribution >= 0.6 is 0 Å². The van der Waals surface area contributed by atoms with E-state index in [1.165, 1.54) is 12.1 Å². The Morgan fingerprint density at radius 1 is 1.17 bits per heavy atom. The number of benzene rings is 1. The van der Waals surface area contributed by atoms with E-state index in [9.17, 15) is 22.7 Å². The Morgan fingerprint density at radius 2 is 1.83 bits per heavy atom. The summed E-state index contributed by atoms with van der Waals surface area (Å²) < 4.78 is 58.1. The number of aliphatic hydroxyl groups is 1. The zero-order valence-corrected chi connectivity index (χ0v) is 12.6. The fourth-order valence-corrected chi connectivity index (χ4v) is 2.46. The van der Waals surface area contributed by atoms with Crippen molar-refractivity contribution in [1.29, 1.82) is 0 Å². The second-order valence-electron chi connectivity index (χ2n) is 5.64. The van der Waals surface area contributed by atoms with Crippen LogP contribution in [0, 0.1) is 0 Å². The number of rotatable bonds is 8. The van der Waals surface area contributed by atoms with Crippen molar-refractivity contribution in [3.05, 3.63) is 23.8 Å². The van der Waals surface area contributed by atoms with Crippen LogP contribution in [0.1, 0.15) is 37.8 Å². The van der Waals surface area contributed by atoms with Crippen LogP contribution in [0.2, 0.25) is 0 Å². The Balaban J connectivity index is 2.10. The van der Waals surface area contributed by atoms with Crippen molar-refractivity contribution >= 4 is 0 Å². The summed E-state index contributed by atoms with van der Waals surface area (Å²) >= 11 is 0. The highest BCUT2D eigenvalue weighted by Gasteiger charge is 2.34. The van der Waals surface area contributed by atoms with Gasteiger partial charge in [0.1, 0.15) is 11.5 Å². The van der Waals surface area contributed by atoms with E-state index >= 15 is 0 Å². The minimum atomic E-state index is -3.08. The summed E-state index contributed by atoms with van der Waals surface area (Å²) in [4.78, 5) is 0. The van der Waals surface area contributed by atoms with Crippen LogP contribution in [0.5, 0.6) is 11.5 Å². The zero-order chi connectivity index (χ0) is 17.0. The van der Waals surface area contributed by atoms with Crippen molar-refractivity contribution in [2.75, 3.05) is 6.54 Å². The number of halogens is 4. The second-order valence-corrected chi connectivity index (χ2v) is 5.64. The van der Waals surface area contributed by atoms with Gasteiger partial charge in [-0.05, 0) is 32.3 Å². The lowest BCUT2D eigenvalue weighted by atomic mass is 9.80. The molecular weight excluding hydrogens is 318 g/mol. The molecule has 1 aromatic carbocycles. The summed E-state index contributed by atoms with van der Waals surface area (Å²) in [6, 6.07) is 3.24. The first-order valence-corrected chi connectivity index (χ1v) is 7.28. The van der Waals surface area contributed by atoms with Gasteiger partial charge in [0.15, 0.2) is 0 Å². The van der Waals surface area contributed by atoms with Crippen LogP contribution in [0.15, 0.2) is 18.2 Å². The standard InChI is InChI=1S/C15H19F4NO3/c1-9(20-8-15(21)5-2-6-15)11-4-3-10(22-13(16)17)7-12(11)23-14(18)19/h3-4,7,9,13-14,20-21H,2,5-6,8H2,1H3. The van der Waals surface area contributed by atoms with E-state index in [4.69, 9.17) is 0 Å². The van der Waals surface area contributed by atoms with Gasteiger partial charge in [-0.3, -0.25) is 0 Å². The Kier molecular flexibility index (Phi) is 5.69. The average molecular weight is 337 g/mol. The highest BCUT2D eigenvalue weighted by molar-refractivity contribution is 5.42. The van der Waals surface area contributed by atoms with Gasteiger partial charge in [-0.2, -0.15) is 17.6 Å². The molecule has 2 N–H and O–H groups in total. The lowest BCUT2D eigenvalue weighted by Crippen LogP contribution is -2.46. The Bertz CT molecular complexity index is 523. The normalized spacial score (nSPS) is 17.9. The molecule has 0 aliphatic heterocycles. The maximum absolute atomic E-state index is 12.5. The van der Waals surface area contributed by atoms with Gasteiger partial charge < -0.3 is 19.9 Å². The Labute approximate surface area is 131 Å². The fourth-order valence-electron chi connectivity index (χ4n) is 2.46. The molecule has 1 aliphatic carbocycles. The van der Waals surface area contributed by atoms with Crippen LogP contribution in [0.25, 0.3) is 0 Å². The van der Waals surface area contributed by atoms with Crippen LogP contribution in [-0.4, -0.2) is 30.5 Å². The largest absolute Gasteiger partial charge is 0.435 e. The van der Waals surface area contributed by atoms with Crippen LogP contribution < -0.4 is 14.8 Å². The molecule has 0 aromatic heterocycles. The molecule has 0 heterocycles. The third-order valence-electron chi connectivity index (χ3n) is 3.91. The molecule has 23 heavy (non-hydrogen) atoms. The summed E-state index contributed by atoms with van der Waals surface area (Å²) in [6.45, 7) is -4.11. The van der Waals surface area contributed by atoms with Gasteiger partial charge in [0.2, 0.25) is 0 Å². The Hall–Kier alpha value is -1.54. The first-order valence-electron chi connectivity index (χ1n) is 7.28. The van der Waals surface area contributed by atoms with Gasteiger partial charge in [-0.1, -0.05) is 6.07 Å². The number of hydrogen-bond donors (Lipinski definition) is 2. The van der Waals surface area contributed by atoms with E-state index in [1.807, 2.05) is 0 Å². The van der Waals surface area contributed by atoms with Crippen molar-refractivity contribution in [2.45, 2.75) is 51.1 Å². The lowest BCUT2D eigenvalue weighted by molar-refractivity contribution is -0.0551. The van der Waals surface area contributed by atoms with E-state index in [-0.39, 0.29) is 11.5 Å². The van der Waals surface area contributed by atoms with Gasteiger partial charge >= 0.3 is 13.2 Å². The first kappa shape index (κ1) is 17.8. The molecule has 1 fully saturated rings. The fraction of sp³-hybridized carbons (Fsp3) is 0.600. The molecule has 0 saturated heterocycles. The SMILES string of the molecule is CC(NCC1(O)CCC1)c1ccc(OC(F)F)cc1OC(F)F. The van der Waals surface area contributed by atoms with E-state index in [0.29, 0.717) is 24.9 Å². The molecule has 2 rings (SSSR count). The summed E-state index contributed by atoms with van der Waals surface area (Å²) in [5.74, 6) is -0.497. The Morgan fingerprint density at radius 3 is 2.35 bits per heavy atom. The van der Waals surface area contributed by atoms with Crippen LogP contribution in [-0.2, 0) is 0 Å². The van der Waals surface area contributed by atoms with Gasteiger partial charge in [0, 0.05) is 24.2 Å². The van der Waals surface area contributed by atoms with Crippen molar-refractivity contribution < 1.29 is 32.1 Å². The first-order chi connectivity index (χ1) is 10.8. The molecule has 0 amide bonds. The molecule has 1 unspecified atom stereocenters. The predicted molar refractivity (Wildman–Crippen MR) is 74.9 cm³/mol. The number of hydrogen-bond acceptors (Lipinski definition) is 4. The summed E-state index contributed by atoms with van der Waals surface area (Å²) in [5.41, 5.74) is -0.397. The summed E-state index contributed by atoms with van der Waals surface area (Å²) in [7, 11) is 0. The molecule has 0 radical (unpaired) electrons. The molecule has 1 atom stereocenters. The van der Waals surface area contributed by atoms with E-state index in [2.05, 4.69) is 14.8 Å². The maximum Gasteiger partial charge on any atom is 0.387 e. The van der Waals surface area contributed by atoms with Crippen molar-refractivity contribution in [1.82, 2.24) is 5.32 Å². The minimum Gasteiger partial charge on any atom is -0.435 e. The molecule has 0 spiro atoms.